The fourth-order valence-electron chi connectivity index (χ4n) is 2.10. The predicted octanol–water partition coefficient (Wildman–Crippen LogP) is 3.16. The van der Waals surface area contributed by atoms with Crippen LogP contribution in [0.2, 0.25) is 5.02 Å². The Kier molecular flexibility index (Phi) is 3.03. The lowest BCUT2D eigenvalue weighted by Crippen LogP contribution is -2.11. The molecule has 1 aliphatic rings. The van der Waals surface area contributed by atoms with Crippen LogP contribution in [0.25, 0.3) is 0 Å². The quantitative estimate of drug-likeness (QED) is 0.933. The Morgan fingerprint density at radius 3 is 2.79 bits per heavy atom. The zero-order chi connectivity index (χ0) is 13.4. The highest BCUT2D eigenvalue weighted by molar-refractivity contribution is 6.31. The first-order valence-corrected chi connectivity index (χ1v) is 6.57. The molecular weight excluding hydrogens is 264 g/mol. The molecule has 0 bridgehead atoms. The van der Waals surface area contributed by atoms with Crippen molar-refractivity contribution in [2.75, 3.05) is 0 Å². The summed E-state index contributed by atoms with van der Waals surface area (Å²) < 4.78 is 1.52. The van der Waals surface area contributed by atoms with Gasteiger partial charge in [-0.1, -0.05) is 29.8 Å². The van der Waals surface area contributed by atoms with Gasteiger partial charge in [0, 0.05) is 10.9 Å². The molecule has 0 radical (unpaired) electrons. The maximum Gasteiger partial charge on any atom is 0.354 e. The van der Waals surface area contributed by atoms with Crippen LogP contribution in [0.5, 0.6) is 0 Å². The van der Waals surface area contributed by atoms with Crippen LogP contribution in [-0.4, -0.2) is 20.9 Å². The lowest BCUT2D eigenvalue weighted by Gasteiger charge is -2.06. The molecule has 98 valence electrons. The largest absolute Gasteiger partial charge is 0.477 e. The van der Waals surface area contributed by atoms with Crippen molar-refractivity contribution in [3.05, 3.63) is 52.3 Å². The van der Waals surface area contributed by atoms with E-state index in [1.54, 1.807) is 12.1 Å². The molecule has 1 aromatic heterocycles. The van der Waals surface area contributed by atoms with Gasteiger partial charge in [-0.2, -0.15) is 5.10 Å². The second kappa shape index (κ2) is 4.70. The van der Waals surface area contributed by atoms with E-state index in [-0.39, 0.29) is 5.69 Å². The predicted molar refractivity (Wildman–Crippen MR) is 71.7 cm³/mol. The average Bonchev–Trinajstić information content (AvgIpc) is 3.14. The molecule has 3 rings (SSSR count). The van der Waals surface area contributed by atoms with Crippen molar-refractivity contribution in [1.82, 2.24) is 9.78 Å². The molecule has 2 aromatic rings. The van der Waals surface area contributed by atoms with Crippen molar-refractivity contribution >= 4 is 17.6 Å². The Morgan fingerprint density at radius 1 is 1.42 bits per heavy atom. The van der Waals surface area contributed by atoms with Gasteiger partial charge in [0.25, 0.3) is 0 Å². The molecule has 0 atom stereocenters. The van der Waals surface area contributed by atoms with E-state index in [2.05, 4.69) is 5.10 Å². The third kappa shape index (κ3) is 2.49. The number of hydrogen-bond donors (Lipinski definition) is 1. The minimum absolute atomic E-state index is 0.224. The van der Waals surface area contributed by atoms with Crippen molar-refractivity contribution in [3.8, 4) is 0 Å². The minimum Gasteiger partial charge on any atom is -0.477 e. The van der Waals surface area contributed by atoms with Crippen LogP contribution in [0.1, 0.15) is 40.5 Å². The van der Waals surface area contributed by atoms with Crippen molar-refractivity contribution in [1.29, 1.82) is 0 Å². The maximum absolute atomic E-state index is 11.3. The van der Waals surface area contributed by atoms with Gasteiger partial charge in [-0.25, -0.2) is 4.79 Å². The summed E-state index contributed by atoms with van der Waals surface area (Å²) in [6, 6.07) is 9.08. The molecule has 0 aliphatic heterocycles. The van der Waals surface area contributed by atoms with Gasteiger partial charge < -0.3 is 5.11 Å². The third-order valence-electron chi connectivity index (χ3n) is 3.29. The molecule has 4 nitrogen and oxygen atoms in total. The molecule has 1 saturated carbocycles. The number of aromatic carboxylic acids is 1. The molecule has 5 heteroatoms. The van der Waals surface area contributed by atoms with Gasteiger partial charge in [0.15, 0.2) is 0 Å². The molecule has 0 spiro atoms. The molecule has 1 N–H and O–H groups in total. The number of rotatable bonds is 4. The first-order valence-electron chi connectivity index (χ1n) is 6.19. The van der Waals surface area contributed by atoms with Crippen molar-refractivity contribution < 1.29 is 9.90 Å². The summed E-state index contributed by atoms with van der Waals surface area (Å²) in [4.78, 5) is 11.3. The van der Waals surface area contributed by atoms with Crippen LogP contribution in [0.3, 0.4) is 0 Å². The fraction of sp³-hybridized carbons (Fsp3) is 0.286. The summed E-state index contributed by atoms with van der Waals surface area (Å²) in [6.07, 6.45) is 2.20. The number of aromatic nitrogens is 2. The Hall–Kier alpha value is -1.81. The van der Waals surface area contributed by atoms with Gasteiger partial charge in [-0.3, -0.25) is 4.68 Å². The number of carbonyl (C=O) groups is 1. The molecule has 1 aromatic carbocycles. The highest BCUT2D eigenvalue weighted by Crippen LogP contribution is 2.39. The van der Waals surface area contributed by atoms with Gasteiger partial charge in [0.2, 0.25) is 0 Å². The number of carboxylic acids is 1. The minimum atomic E-state index is -0.952. The first kappa shape index (κ1) is 12.2. The van der Waals surface area contributed by atoms with Gasteiger partial charge in [0.05, 0.1) is 12.2 Å². The Morgan fingerprint density at radius 2 is 2.16 bits per heavy atom. The van der Waals surface area contributed by atoms with E-state index in [1.165, 1.54) is 4.68 Å². The maximum atomic E-state index is 11.3. The van der Waals surface area contributed by atoms with Gasteiger partial charge >= 0.3 is 5.97 Å². The lowest BCUT2D eigenvalue weighted by molar-refractivity contribution is 0.0684. The SMILES string of the molecule is O=C(O)c1cc(C2CC2)nn1Cc1ccccc1Cl. The zero-order valence-corrected chi connectivity index (χ0v) is 11.0. The molecule has 1 aliphatic carbocycles. The van der Waals surface area contributed by atoms with E-state index in [9.17, 15) is 9.90 Å². The number of halogens is 1. The Bertz CT molecular complexity index is 632. The topological polar surface area (TPSA) is 55.1 Å². The van der Waals surface area contributed by atoms with Crippen LogP contribution in [0.4, 0.5) is 0 Å². The number of nitrogens with zero attached hydrogens (tertiary/aromatic N) is 2. The van der Waals surface area contributed by atoms with Crippen molar-refractivity contribution in [2.24, 2.45) is 0 Å². The van der Waals surface area contributed by atoms with Crippen molar-refractivity contribution in [2.45, 2.75) is 25.3 Å². The summed E-state index contributed by atoms with van der Waals surface area (Å²) in [5, 5.41) is 14.3. The van der Waals surface area contributed by atoms with Crippen LogP contribution < -0.4 is 0 Å². The summed E-state index contributed by atoms with van der Waals surface area (Å²) in [5.74, 6) is -0.517. The number of hydrogen-bond acceptors (Lipinski definition) is 2. The number of benzene rings is 1. The van der Waals surface area contributed by atoms with Crippen LogP contribution in [-0.2, 0) is 6.54 Å². The van der Waals surface area contributed by atoms with E-state index in [0.29, 0.717) is 17.5 Å². The fourth-order valence-corrected chi connectivity index (χ4v) is 2.29. The highest BCUT2D eigenvalue weighted by Gasteiger charge is 2.28. The molecule has 0 amide bonds. The second-order valence-electron chi connectivity index (χ2n) is 4.78. The summed E-state index contributed by atoms with van der Waals surface area (Å²) in [7, 11) is 0. The van der Waals surface area contributed by atoms with E-state index >= 15 is 0 Å². The Labute approximate surface area is 115 Å². The van der Waals surface area contributed by atoms with Crippen LogP contribution >= 0.6 is 11.6 Å². The highest BCUT2D eigenvalue weighted by atomic mass is 35.5. The van der Waals surface area contributed by atoms with Crippen LogP contribution in [0, 0.1) is 0 Å². The summed E-state index contributed by atoms with van der Waals surface area (Å²) >= 11 is 6.10. The van der Waals surface area contributed by atoms with Gasteiger partial charge in [-0.05, 0) is 30.5 Å². The summed E-state index contributed by atoms with van der Waals surface area (Å²) in [6.45, 7) is 0.383. The molecule has 1 fully saturated rings. The average molecular weight is 277 g/mol. The van der Waals surface area contributed by atoms with Gasteiger partial charge in [0.1, 0.15) is 5.69 Å². The molecule has 0 unspecified atom stereocenters. The molecular formula is C14H13ClN2O2. The lowest BCUT2D eigenvalue weighted by atomic mass is 10.2. The van der Waals surface area contributed by atoms with E-state index in [4.69, 9.17) is 11.6 Å². The second-order valence-corrected chi connectivity index (χ2v) is 5.19. The smallest absolute Gasteiger partial charge is 0.354 e. The van der Waals surface area contributed by atoms with Gasteiger partial charge in [-0.15, -0.1) is 0 Å². The molecule has 19 heavy (non-hydrogen) atoms. The van der Waals surface area contributed by atoms with E-state index < -0.39 is 5.97 Å². The monoisotopic (exact) mass is 276 g/mol. The van der Waals surface area contributed by atoms with E-state index in [1.807, 2.05) is 18.2 Å². The Balaban J connectivity index is 1.95. The molecule has 1 heterocycles. The van der Waals surface area contributed by atoms with E-state index in [0.717, 1.165) is 24.1 Å². The molecule has 0 saturated heterocycles. The standard InChI is InChI=1S/C14H13ClN2O2/c15-11-4-2-1-3-10(11)8-17-13(14(18)19)7-12(16-17)9-5-6-9/h1-4,7,9H,5-6,8H2,(H,18,19). The normalized spacial score (nSPS) is 14.6. The summed E-state index contributed by atoms with van der Waals surface area (Å²) in [5.41, 5.74) is 1.98. The van der Waals surface area contributed by atoms with Crippen molar-refractivity contribution in [3.63, 3.8) is 0 Å². The zero-order valence-electron chi connectivity index (χ0n) is 10.2. The number of carboxylic acid groups (broad SMARTS) is 1. The van der Waals surface area contributed by atoms with Crippen LogP contribution in [0.15, 0.2) is 30.3 Å². The third-order valence-corrected chi connectivity index (χ3v) is 3.66. The first-order chi connectivity index (χ1) is 9.15.